The first-order chi connectivity index (χ1) is 7.56. The number of nitrogens with zero attached hydrogens (tertiary/aromatic N) is 1. The van der Waals surface area contributed by atoms with Crippen LogP contribution < -0.4 is 10.6 Å². The summed E-state index contributed by atoms with van der Waals surface area (Å²) in [5.41, 5.74) is 7.43. The number of rotatable bonds is 5. The Bertz CT molecular complexity index is 344. The van der Waals surface area contributed by atoms with E-state index in [0.29, 0.717) is 11.7 Å². The van der Waals surface area contributed by atoms with Crippen LogP contribution in [0.1, 0.15) is 13.3 Å². The van der Waals surface area contributed by atoms with Crippen LogP contribution in [0.4, 0.5) is 11.4 Å². The number of nitrogen functional groups attached to an aromatic ring is 1. The van der Waals surface area contributed by atoms with Gasteiger partial charge in [-0.05, 0) is 43.6 Å². The lowest BCUT2D eigenvalue weighted by Gasteiger charge is -2.27. The van der Waals surface area contributed by atoms with Crippen LogP contribution in [0, 0.1) is 0 Å². The molecule has 0 bridgehead atoms. The number of thioether (sulfide) groups is 1. The highest BCUT2D eigenvalue weighted by Gasteiger charge is 2.12. The Hall–Kier alpha value is -0.540. The molecule has 16 heavy (non-hydrogen) atoms. The van der Waals surface area contributed by atoms with E-state index < -0.39 is 0 Å². The molecule has 0 spiro atoms. The first-order valence-corrected chi connectivity index (χ1v) is 7.10. The lowest BCUT2D eigenvalue weighted by Crippen LogP contribution is -2.29. The van der Waals surface area contributed by atoms with Gasteiger partial charge in [-0.1, -0.05) is 11.6 Å². The third kappa shape index (κ3) is 3.49. The third-order valence-electron chi connectivity index (χ3n) is 2.75. The summed E-state index contributed by atoms with van der Waals surface area (Å²) in [6.45, 7) is 2.21. The van der Waals surface area contributed by atoms with Crippen molar-refractivity contribution in [2.75, 3.05) is 29.7 Å². The molecular formula is C12H19ClN2S. The molecule has 0 saturated carbocycles. The van der Waals surface area contributed by atoms with Crippen LogP contribution in [0.3, 0.4) is 0 Å². The number of halogens is 1. The predicted octanol–water partition coefficient (Wildman–Crippen LogP) is 3.50. The molecule has 90 valence electrons. The van der Waals surface area contributed by atoms with E-state index in [9.17, 15) is 0 Å². The molecule has 1 rings (SSSR count). The minimum atomic E-state index is 0.480. The number of hydrogen-bond donors (Lipinski definition) is 1. The zero-order valence-electron chi connectivity index (χ0n) is 10.0. The van der Waals surface area contributed by atoms with Gasteiger partial charge in [-0.25, -0.2) is 0 Å². The monoisotopic (exact) mass is 258 g/mol. The molecule has 2 N–H and O–H groups in total. The molecule has 2 nitrogen and oxygen atoms in total. The van der Waals surface area contributed by atoms with E-state index in [1.165, 1.54) is 0 Å². The van der Waals surface area contributed by atoms with Crippen LogP contribution in [-0.2, 0) is 0 Å². The van der Waals surface area contributed by atoms with Gasteiger partial charge in [-0.2, -0.15) is 11.8 Å². The average Bonchev–Trinajstić information content (AvgIpc) is 2.25. The molecule has 0 heterocycles. The molecule has 1 aromatic carbocycles. The van der Waals surface area contributed by atoms with Gasteiger partial charge in [0.25, 0.3) is 0 Å². The molecule has 0 aliphatic heterocycles. The van der Waals surface area contributed by atoms with Crippen LogP contribution in [0.15, 0.2) is 18.2 Å². The van der Waals surface area contributed by atoms with Crippen molar-refractivity contribution in [2.45, 2.75) is 19.4 Å². The Balaban J connectivity index is 2.75. The number of hydrogen-bond acceptors (Lipinski definition) is 3. The SMILES string of the molecule is CSCCC(C)N(C)c1ccc(N)cc1Cl. The standard InChI is InChI=1S/C12H19ClN2S/c1-9(6-7-16-3)15(2)12-5-4-10(14)8-11(12)13/h4-5,8-9H,6-7,14H2,1-3H3. The van der Waals surface area contributed by atoms with E-state index >= 15 is 0 Å². The lowest BCUT2D eigenvalue weighted by atomic mass is 10.2. The van der Waals surface area contributed by atoms with E-state index in [2.05, 4.69) is 25.1 Å². The van der Waals surface area contributed by atoms with E-state index in [-0.39, 0.29) is 0 Å². The normalized spacial score (nSPS) is 12.5. The fourth-order valence-electron chi connectivity index (χ4n) is 1.53. The minimum Gasteiger partial charge on any atom is -0.399 e. The van der Waals surface area contributed by atoms with E-state index in [1.807, 2.05) is 23.9 Å². The summed E-state index contributed by atoms with van der Waals surface area (Å²) in [4.78, 5) is 2.21. The van der Waals surface area contributed by atoms with Crippen LogP contribution in [0.5, 0.6) is 0 Å². The van der Waals surface area contributed by atoms with Gasteiger partial charge >= 0.3 is 0 Å². The topological polar surface area (TPSA) is 29.3 Å². The molecule has 4 heteroatoms. The van der Waals surface area contributed by atoms with Crippen molar-refractivity contribution in [3.63, 3.8) is 0 Å². The van der Waals surface area contributed by atoms with Gasteiger partial charge in [-0.15, -0.1) is 0 Å². The maximum absolute atomic E-state index is 6.18. The summed E-state index contributed by atoms with van der Waals surface area (Å²) in [6, 6.07) is 6.15. The van der Waals surface area contributed by atoms with Crippen molar-refractivity contribution >= 4 is 34.7 Å². The fraction of sp³-hybridized carbons (Fsp3) is 0.500. The van der Waals surface area contributed by atoms with E-state index in [1.54, 1.807) is 6.07 Å². The fourth-order valence-corrected chi connectivity index (χ4v) is 2.43. The Morgan fingerprint density at radius 3 is 2.75 bits per heavy atom. The van der Waals surface area contributed by atoms with Crippen molar-refractivity contribution in [1.82, 2.24) is 0 Å². The Morgan fingerprint density at radius 2 is 2.19 bits per heavy atom. The van der Waals surface area contributed by atoms with Crippen LogP contribution in [-0.4, -0.2) is 25.1 Å². The third-order valence-corrected chi connectivity index (χ3v) is 3.70. The van der Waals surface area contributed by atoms with E-state index in [4.69, 9.17) is 17.3 Å². The average molecular weight is 259 g/mol. The maximum atomic E-state index is 6.18. The van der Waals surface area contributed by atoms with Gasteiger partial charge in [0.05, 0.1) is 10.7 Å². The Morgan fingerprint density at radius 1 is 1.50 bits per heavy atom. The predicted molar refractivity (Wildman–Crippen MR) is 76.7 cm³/mol. The second-order valence-corrected chi connectivity index (χ2v) is 5.35. The molecule has 0 saturated heterocycles. The largest absolute Gasteiger partial charge is 0.399 e. The highest BCUT2D eigenvalue weighted by atomic mass is 35.5. The summed E-state index contributed by atoms with van der Waals surface area (Å²) in [5, 5.41) is 0.721. The van der Waals surface area contributed by atoms with Crippen molar-refractivity contribution < 1.29 is 0 Å². The van der Waals surface area contributed by atoms with Crippen molar-refractivity contribution in [3.05, 3.63) is 23.2 Å². The smallest absolute Gasteiger partial charge is 0.0660 e. The molecule has 0 aliphatic carbocycles. The van der Waals surface area contributed by atoms with Crippen LogP contribution >= 0.6 is 23.4 Å². The first-order valence-electron chi connectivity index (χ1n) is 5.33. The van der Waals surface area contributed by atoms with Gasteiger partial charge in [0.15, 0.2) is 0 Å². The molecular weight excluding hydrogens is 240 g/mol. The highest BCUT2D eigenvalue weighted by molar-refractivity contribution is 7.98. The van der Waals surface area contributed by atoms with Gasteiger partial charge in [-0.3, -0.25) is 0 Å². The lowest BCUT2D eigenvalue weighted by molar-refractivity contribution is 0.669. The molecule has 0 aliphatic rings. The number of anilines is 2. The van der Waals surface area contributed by atoms with Crippen LogP contribution in [0.2, 0.25) is 5.02 Å². The summed E-state index contributed by atoms with van der Waals surface area (Å²) < 4.78 is 0. The summed E-state index contributed by atoms with van der Waals surface area (Å²) in [6.07, 6.45) is 3.28. The van der Waals surface area contributed by atoms with Crippen LogP contribution in [0.25, 0.3) is 0 Å². The summed E-state index contributed by atoms with van der Waals surface area (Å²) >= 11 is 8.05. The Kier molecular flexibility index (Phi) is 5.29. The number of nitrogens with two attached hydrogens (primary N) is 1. The van der Waals surface area contributed by atoms with Gasteiger partial charge in [0, 0.05) is 18.8 Å². The molecule has 0 radical (unpaired) electrons. The zero-order valence-corrected chi connectivity index (χ0v) is 11.6. The molecule has 0 aromatic heterocycles. The van der Waals surface area contributed by atoms with Gasteiger partial charge < -0.3 is 10.6 Å². The van der Waals surface area contributed by atoms with Crippen molar-refractivity contribution in [1.29, 1.82) is 0 Å². The zero-order chi connectivity index (χ0) is 12.1. The molecule has 1 aromatic rings. The summed E-state index contributed by atoms with van der Waals surface area (Å²) in [5.74, 6) is 1.16. The number of benzene rings is 1. The maximum Gasteiger partial charge on any atom is 0.0660 e. The molecule has 1 unspecified atom stereocenters. The molecule has 0 fully saturated rings. The van der Waals surface area contributed by atoms with Gasteiger partial charge in [0.2, 0.25) is 0 Å². The second-order valence-electron chi connectivity index (χ2n) is 3.95. The first kappa shape index (κ1) is 13.5. The molecule has 1 atom stereocenters. The van der Waals surface area contributed by atoms with Crippen molar-refractivity contribution in [3.8, 4) is 0 Å². The van der Waals surface area contributed by atoms with E-state index in [0.717, 1.165) is 22.9 Å². The quantitative estimate of drug-likeness (QED) is 0.820. The minimum absolute atomic E-state index is 0.480. The van der Waals surface area contributed by atoms with Crippen molar-refractivity contribution in [2.24, 2.45) is 0 Å². The highest BCUT2D eigenvalue weighted by Crippen LogP contribution is 2.28. The Labute approximate surface area is 107 Å². The summed E-state index contributed by atoms with van der Waals surface area (Å²) in [7, 11) is 2.07. The molecule has 0 amide bonds. The van der Waals surface area contributed by atoms with Gasteiger partial charge in [0.1, 0.15) is 0 Å². The second kappa shape index (κ2) is 6.26.